The van der Waals surface area contributed by atoms with E-state index in [1.54, 1.807) is 61.1 Å². The molecule has 1 aliphatic heterocycles. The Morgan fingerprint density at radius 2 is 1.64 bits per heavy atom. The summed E-state index contributed by atoms with van der Waals surface area (Å²) in [6.45, 7) is 2.15. The highest BCUT2D eigenvalue weighted by Gasteiger charge is 2.35. The molecule has 1 aliphatic rings. The number of methoxy groups -OCH3 is 1. The van der Waals surface area contributed by atoms with E-state index in [0.29, 0.717) is 32.1 Å². The van der Waals surface area contributed by atoms with Crippen molar-refractivity contribution in [3.05, 3.63) is 161 Å². The Hall–Kier alpha value is -5.81. The van der Waals surface area contributed by atoms with Gasteiger partial charge in [0.15, 0.2) is 4.80 Å². The van der Waals surface area contributed by atoms with E-state index < -0.39 is 16.9 Å². The lowest BCUT2D eigenvalue weighted by atomic mass is 9.93. The number of non-ortho nitro benzene ring substituents is 1. The second-order valence-corrected chi connectivity index (χ2v) is 11.5. The van der Waals surface area contributed by atoms with Crippen LogP contribution in [0, 0.1) is 10.1 Å². The molecule has 0 radical (unpaired) electrons. The van der Waals surface area contributed by atoms with Crippen LogP contribution in [-0.2, 0) is 16.1 Å². The zero-order valence-electron chi connectivity index (χ0n) is 25.5. The van der Waals surface area contributed by atoms with Crippen molar-refractivity contribution in [1.82, 2.24) is 4.57 Å². The molecule has 1 aromatic heterocycles. The molecule has 0 amide bonds. The monoisotopic (exact) mass is 647 g/mol. The Kier molecular flexibility index (Phi) is 9.07. The molecule has 47 heavy (non-hydrogen) atoms. The van der Waals surface area contributed by atoms with Gasteiger partial charge in [-0.2, -0.15) is 0 Å². The number of fused-ring (bicyclic) bond motifs is 1. The van der Waals surface area contributed by atoms with Crippen LogP contribution in [0.3, 0.4) is 0 Å². The van der Waals surface area contributed by atoms with E-state index in [4.69, 9.17) is 19.2 Å². The number of thiazole rings is 1. The smallest absolute Gasteiger partial charge is 0.338 e. The van der Waals surface area contributed by atoms with Crippen molar-refractivity contribution in [3.8, 4) is 11.5 Å². The number of nitro groups is 1. The number of nitro benzene ring substituents is 1. The highest BCUT2D eigenvalue weighted by Crippen LogP contribution is 2.35. The Labute approximate surface area is 273 Å². The fourth-order valence-corrected chi connectivity index (χ4v) is 6.24. The molecule has 0 aliphatic carbocycles. The molecule has 1 atom stereocenters. The van der Waals surface area contributed by atoms with E-state index in [0.717, 1.165) is 16.7 Å². The quantitative estimate of drug-likeness (QED) is 0.113. The van der Waals surface area contributed by atoms with Gasteiger partial charge in [0.05, 0.1) is 40.5 Å². The summed E-state index contributed by atoms with van der Waals surface area (Å²) in [5.41, 5.74) is 3.46. The third-order valence-corrected chi connectivity index (χ3v) is 8.52. The summed E-state index contributed by atoms with van der Waals surface area (Å²) in [6.07, 6.45) is 1.78. The molecule has 0 N–H and O–H groups in total. The van der Waals surface area contributed by atoms with Crippen LogP contribution < -0.4 is 24.4 Å². The first-order chi connectivity index (χ1) is 22.9. The molecule has 0 bridgehead atoms. The van der Waals surface area contributed by atoms with Crippen LogP contribution in [0.25, 0.3) is 11.8 Å². The fraction of sp³-hybridized carbons (Fsp3) is 0.139. The van der Waals surface area contributed by atoms with Gasteiger partial charge >= 0.3 is 5.97 Å². The molecule has 11 heteroatoms. The van der Waals surface area contributed by atoms with Crippen LogP contribution in [-0.4, -0.2) is 29.2 Å². The van der Waals surface area contributed by atoms with Gasteiger partial charge in [-0.05, 0) is 66.1 Å². The van der Waals surface area contributed by atoms with Crippen molar-refractivity contribution in [2.75, 3.05) is 13.7 Å². The second-order valence-electron chi connectivity index (χ2n) is 10.5. The number of ether oxygens (including phenoxy) is 3. The Balaban J connectivity index is 1.39. The minimum absolute atomic E-state index is 0.0205. The Bertz CT molecular complexity index is 2140. The van der Waals surface area contributed by atoms with Gasteiger partial charge in [-0.25, -0.2) is 9.79 Å². The van der Waals surface area contributed by atoms with Gasteiger partial charge in [0.1, 0.15) is 18.1 Å². The largest absolute Gasteiger partial charge is 0.497 e. The number of rotatable bonds is 10. The van der Waals surface area contributed by atoms with E-state index in [1.165, 1.54) is 23.5 Å². The summed E-state index contributed by atoms with van der Waals surface area (Å²) in [4.78, 5) is 43.5. The Morgan fingerprint density at radius 1 is 0.957 bits per heavy atom. The maximum Gasteiger partial charge on any atom is 0.338 e. The summed E-state index contributed by atoms with van der Waals surface area (Å²) in [5.74, 6) is 0.703. The van der Waals surface area contributed by atoms with Crippen LogP contribution >= 0.6 is 11.3 Å². The van der Waals surface area contributed by atoms with E-state index in [1.807, 2.05) is 54.6 Å². The topological polar surface area (TPSA) is 122 Å². The van der Waals surface area contributed by atoms with Gasteiger partial charge < -0.3 is 14.2 Å². The number of benzene rings is 4. The lowest BCUT2D eigenvalue weighted by molar-refractivity contribution is -0.384. The lowest BCUT2D eigenvalue weighted by Gasteiger charge is -2.26. The molecule has 2 heterocycles. The highest BCUT2D eigenvalue weighted by molar-refractivity contribution is 7.07. The molecule has 0 saturated carbocycles. The van der Waals surface area contributed by atoms with Crippen molar-refractivity contribution in [2.24, 2.45) is 4.99 Å². The number of nitrogens with zero attached hydrogens (tertiary/aromatic N) is 3. The maximum atomic E-state index is 14.1. The zero-order valence-corrected chi connectivity index (χ0v) is 26.3. The van der Waals surface area contributed by atoms with Crippen LogP contribution in [0.2, 0.25) is 0 Å². The minimum Gasteiger partial charge on any atom is -0.497 e. The lowest BCUT2D eigenvalue weighted by Crippen LogP contribution is -2.40. The molecule has 236 valence electrons. The van der Waals surface area contributed by atoms with Gasteiger partial charge in [-0.1, -0.05) is 65.9 Å². The van der Waals surface area contributed by atoms with Crippen molar-refractivity contribution in [3.63, 3.8) is 0 Å². The van der Waals surface area contributed by atoms with E-state index in [9.17, 15) is 19.7 Å². The molecule has 6 rings (SSSR count). The molecule has 0 fully saturated rings. The summed E-state index contributed by atoms with van der Waals surface area (Å²) in [5, 5.41) is 10.9. The maximum absolute atomic E-state index is 14.1. The molecular weight excluding hydrogens is 618 g/mol. The second kappa shape index (κ2) is 13.7. The number of carbonyl (C=O) groups excluding carboxylic acids is 1. The van der Waals surface area contributed by atoms with E-state index >= 15 is 0 Å². The first-order valence-corrected chi connectivity index (χ1v) is 15.6. The number of esters is 1. The molecular formula is C36H29N3O7S. The number of carbonyl (C=O) groups is 1. The van der Waals surface area contributed by atoms with Crippen LogP contribution in [0.5, 0.6) is 11.5 Å². The predicted molar refractivity (Wildman–Crippen MR) is 178 cm³/mol. The van der Waals surface area contributed by atoms with Gasteiger partial charge in [0.2, 0.25) is 0 Å². The minimum atomic E-state index is -0.788. The number of hydrogen-bond donors (Lipinski definition) is 0. The molecule has 0 saturated heterocycles. The van der Waals surface area contributed by atoms with Crippen molar-refractivity contribution in [2.45, 2.75) is 19.6 Å². The summed E-state index contributed by atoms with van der Waals surface area (Å²) < 4.78 is 18.7. The normalized spacial score (nSPS) is 14.3. The standard InChI is InChI=1S/C36H29N3O7S/c1-3-45-35(41)31-32(25-7-5-4-6-8-25)37-36-38(33(31)26-13-19-28(44-2)20-14-26)34(40)30(47-36)21-23-11-17-29(18-12-23)46-22-24-9-15-27(16-10-24)39(42)43/h4-21,33H,3,22H2,1-2H3/b30-21-/t33-/m1/s1. The molecule has 5 aromatic rings. The van der Waals surface area contributed by atoms with Crippen LogP contribution in [0.1, 0.15) is 35.2 Å². The molecule has 4 aromatic carbocycles. The summed E-state index contributed by atoms with van der Waals surface area (Å²) >= 11 is 1.24. The number of aromatic nitrogens is 1. The predicted octanol–water partition coefficient (Wildman–Crippen LogP) is 5.43. The average Bonchev–Trinajstić information content (AvgIpc) is 3.41. The zero-order chi connectivity index (χ0) is 32.9. The summed E-state index contributed by atoms with van der Waals surface area (Å²) in [7, 11) is 1.58. The van der Waals surface area contributed by atoms with Gasteiger partial charge in [-0.15, -0.1) is 0 Å². The number of hydrogen-bond acceptors (Lipinski definition) is 9. The third-order valence-electron chi connectivity index (χ3n) is 7.54. The van der Waals surface area contributed by atoms with Crippen LogP contribution in [0.4, 0.5) is 5.69 Å². The SMILES string of the molecule is CCOC(=O)C1=C(c2ccccc2)N=c2s/c(=C\c3ccc(OCc4ccc([N+](=O)[O-])cc4)cc3)c(=O)n2[C@@H]1c1ccc(OC)cc1. The van der Waals surface area contributed by atoms with Gasteiger partial charge in [0.25, 0.3) is 11.2 Å². The van der Waals surface area contributed by atoms with Crippen molar-refractivity contribution < 1.29 is 23.9 Å². The first kappa shape index (κ1) is 31.2. The van der Waals surface area contributed by atoms with Gasteiger partial charge in [0, 0.05) is 17.7 Å². The Morgan fingerprint density at radius 3 is 2.28 bits per heavy atom. The van der Waals surface area contributed by atoms with Crippen LogP contribution in [0.15, 0.2) is 118 Å². The van der Waals surface area contributed by atoms with E-state index in [2.05, 4.69) is 0 Å². The van der Waals surface area contributed by atoms with Crippen molar-refractivity contribution >= 4 is 34.8 Å². The first-order valence-electron chi connectivity index (χ1n) is 14.7. The molecule has 0 unspecified atom stereocenters. The van der Waals surface area contributed by atoms with Gasteiger partial charge in [-0.3, -0.25) is 19.5 Å². The fourth-order valence-electron chi connectivity index (χ4n) is 5.23. The van der Waals surface area contributed by atoms with E-state index in [-0.39, 0.29) is 30.0 Å². The highest BCUT2D eigenvalue weighted by atomic mass is 32.1. The third kappa shape index (κ3) is 6.61. The molecule has 0 spiro atoms. The average molecular weight is 648 g/mol. The molecule has 10 nitrogen and oxygen atoms in total. The van der Waals surface area contributed by atoms with Crippen molar-refractivity contribution in [1.29, 1.82) is 0 Å². The summed E-state index contributed by atoms with van der Waals surface area (Å²) in [6, 6.07) is 29.3.